The molecule has 0 saturated carbocycles. The summed E-state index contributed by atoms with van der Waals surface area (Å²) < 4.78 is 16.1. The van der Waals surface area contributed by atoms with Crippen molar-refractivity contribution in [3.05, 3.63) is 71.4 Å². The van der Waals surface area contributed by atoms with Gasteiger partial charge in [-0.1, -0.05) is 42.5 Å². The predicted molar refractivity (Wildman–Crippen MR) is 137 cm³/mol. The van der Waals surface area contributed by atoms with Gasteiger partial charge in [0.15, 0.2) is 11.5 Å². The Morgan fingerprint density at radius 1 is 1.05 bits per heavy atom. The fraction of sp³-hybridized carbons (Fsp3) is 0.414. The number of fused-ring (bicyclic) bond motifs is 1. The van der Waals surface area contributed by atoms with Crippen LogP contribution in [-0.2, 0) is 32.2 Å². The lowest BCUT2D eigenvalue weighted by Crippen LogP contribution is -2.52. The SMILES string of the molecule is CCOC(=O)[C@]12CCC=C1N(Cc1ccccc1)C(=O)[C@H](CC(=O)NCc1ccc(OC)c(OC)c1)C2. The molecule has 1 aliphatic carbocycles. The number of amides is 2. The van der Waals surface area contributed by atoms with Crippen molar-refractivity contribution < 1.29 is 28.6 Å². The summed E-state index contributed by atoms with van der Waals surface area (Å²) in [6, 6.07) is 15.1. The minimum absolute atomic E-state index is 0.00809. The molecule has 2 amide bonds. The van der Waals surface area contributed by atoms with Crippen LogP contribution in [0.5, 0.6) is 11.5 Å². The quantitative estimate of drug-likeness (QED) is 0.490. The number of methoxy groups -OCH3 is 2. The summed E-state index contributed by atoms with van der Waals surface area (Å²) >= 11 is 0. The highest BCUT2D eigenvalue weighted by Gasteiger charge is 2.55. The van der Waals surface area contributed by atoms with Crippen LogP contribution in [0.25, 0.3) is 0 Å². The third-order valence-corrected chi connectivity index (χ3v) is 7.12. The van der Waals surface area contributed by atoms with Gasteiger partial charge in [0, 0.05) is 24.6 Å². The Morgan fingerprint density at radius 3 is 2.51 bits per heavy atom. The van der Waals surface area contributed by atoms with Crippen molar-refractivity contribution in [1.82, 2.24) is 10.2 Å². The normalized spacial score (nSPS) is 20.6. The molecule has 196 valence electrons. The number of nitrogens with zero attached hydrogens (tertiary/aromatic N) is 1. The topological polar surface area (TPSA) is 94.2 Å². The number of carbonyl (C=O) groups excluding carboxylic acids is 3. The van der Waals surface area contributed by atoms with Gasteiger partial charge in [-0.2, -0.15) is 0 Å². The highest BCUT2D eigenvalue weighted by atomic mass is 16.5. The molecule has 2 atom stereocenters. The first-order chi connectivity index (χ1) is 17.9. The van der Waals surface area contributed by atoms with Gasteiger partial charge in [-0.3, -0.25) is 14.4 Å². The number of ether oxygens (including phenoxy) is 3. The maximum absolute atomic E-state index is 13.7. The Bertz CT molecular complexity index is 1180. The van der Waals surface area contributed by atoms with Crippen LogP contribution in [0.2, 0.25) is 0 Å². The number of hydrogen-bond acceptors (Lipinski definition) is 6. The molecule has 1 fully saturated rings. The second-order valence-corrected chi connectivity index (χ2v) is 9.41. The lowest BCUT2D eigenvalue weighted by atomic mass is 9.71. The van der Waals surface area contributed by atoms with E-state index in [0.717, 1.165) is 11.1 Å². The van der Waals surface area contributed by atoms with Crippen molar-refractivity contribution in [1.29, 1.82) is 0 Å². The average Bonchev–Trinajstić information content (AvgIpc) is 3.35. The molecular formula is C29H34N2O6. The fourth-order valence-corrected chi connectivity index (χ4v) is 5.34. The number of carbonyl (C=O) groups is 3. The second-order valence-electron chi connectivity index (χ2n) is 9.41. The number of likely N-dealkylation sites (tertiary alicyclic amines) is 1. The highest BCUT2D eigenvalue weighted by Crippen LogP contribution is 2.51. The molecule has 1 aliphatic heterocycles. The van der Waals surface area contributed by atoms with Gasteiger partial charge in [0.05, 0.1) is 27.4 Å². The second kappa shape index (κ2) is 11.5. The summed E-state index contributed by atoms with van der Waals surface area (Å²) in [6.45, 7) is 2.66. The molecule has 0 unspecified atom stereocenters. The van der Waals surface area contributed by atoms with Gasteiger partial charge in [0.2, 0.25) is 11.8 Å². The number of nitrogens with one attached hydrogen (secondary N) is 1. The predicted octanol–water partition coefficient (Wildman–Crippen LogP) is 3.99. The number of allylic oxidation sites excluding steroid dienone is 1. The van der Waals surface area contributed by atoms with E-state index < -0.39 is 11.3 Å². The average molecular weight is 507 g/mol. The summed E-state index contributed by atoms with van der Waals surface area (Å²) in [7, 11) is 3.12. The Morgan fingerprint density at radius 2 is 1.81 bits per heavy atom. The molecule has 0 aromatic heterocycles. The summed E-state index contributed by atoms with van der Waals surface area (Å²) in [4.78, 5) is 41.6. The first kappa shape index (κ1) is 26.3. The van der Waals surface area contributed by atoms with Crippen LogP contribution < -0.4 is 14.8 Å². The summed E-state index contributed by atoms with van der Waals surface area (Å²) in [5.41, 5.74) is 1.60. The highest BCUT2D eigenvalue weighted by molar-refractivity contribution is 5.92. The van der Waals surface area contributed by atoms with Crippen LogP contribution in [0.3, 0.4) is 0 Å². The van der Waals surface area contributed by atoms with E-state index in [2.05, 4.69) is 5.32 Å². The Hall–Kier alpha value is -3.81. The summed E-state index contributed by atoms with van der Waals surface area (Å²) in [5.74, 6) is -0.164. The largest absolute Gasteiger partial charge is 0.493 e. The molecule has 0 bridgehead atoms. The molecule has 8 nitrogen and oxygen atoms in total. The van der Waals surface area contributed by atoms with E-state index >= 15 is 0 Å². The van der Waals surface area contributed by atoms with Gasteiger partial charge < -0.3 is 24.4 Å². The van der Waals surface area contributed by atoms with E-state index in [4.69, 9.17) is 14.2 Å². The molecule has 37 heavy (non-hydrogen) atoms. The van der Waals surface area contributed by atoms with Crippen LogP contribution in [0.15, 0.2) is 60.3 Å². The van der Waals surface area contributed by atoms with Crippen LogP contribution in [-0.4, -0.2) is 43.5 Å². The molecule has 0 spiro atoms. The van der Waals surface area contributed by atoms with E-state index in [1.807, 2.05) is 42.5 Å². The summed E-state index contributed by atoms with van der Waals surface area (Å²) in [5, 5.41) is 2.91. The first-order valence-electron chi connectivity index (χ1n) is 12.6. The van der Waals surface area contributed by atoms with Crippen molar-refractivity contribution >= 4 is 17.8 Å². The van der Waals surface area contributed by atoms with E-state index in [1.165, 1.54) is 0 Å². The number of benzene rings is 2. The minimum atomic E-state index is -0.910. The maximum Gasteiger partial charge on any atom is 0.318 e. The van der Waals surface area contributed by atoms with Crippen LogP contribution in [0.1, 0.15) is 43.7 Å². The fourth-order valence-electron chi connectivity index (χ4n) is 5.34. The third kappa shape index (κ3) is 5.48. The molecule has 1 saturated heterocycles. The molecular weight excluding hydrogens is 472 g/mol. The molecule has 0 radical (unpaired) electrons. The molecule has 4 rings (SSSR count). The number of hydrogen-bond donors (Lipinski definition) is 1. The van der Waals surface area contributed by atoms with Gasteiger partial charge in [-0.25, -0.2) is 0 Å². The zero-order chi connectivity index (χ0) is 26.4. The van der Waals surface area contributed by atoms with Gasteiger partial charge in [0.1, 0.15) is 5.41 Å². The lowest BCUT2D eigenvalue weighted by molar-refractivity contribution is -0.161. The van der Waals surface area contributed by atoms with Crippen LogP contribution in [0.4, 0.5) is 0 Å². The van der Waals surface area contributed by atoms with Gasteiger partial charge >= 0.3 is 5.97 Å². The van der Waals surface area contributed by atoms with Crippen molar-refractivity contribution in [2.45, 2.75) is 45.7 Å². The van der Waals surface area contributed by atoms with Crippen molar-refractivity contribution in [3.63, 3.8) is 0 Å². The van der Waals surface area contributed by atoms with Gasteiger partial charge in [-0.15, -0.1) is 0 Å². The monoisotopic (exact) mass is 506 g/mol. The zero-order valence-electron chi connectivity index (χ0n) is 21.6. The lowest BCUT2D eigenvalue weighted by Gasteiger charge is -2.44. The zero-order valence-corrected chi connectivity index (χ0v) is 21.6. The van der Waals surface area contributed by atoms with Crippen LogP contribution >= 0.6 is 0 Å². The molecule has 2 aliphatic rings. The van der Waals surface area contributed by atoms with E-state index in [-0.39, 0.29) is 43.8 Å². The first-order valence-corrected chi connectivity index (χ1v) is 12.6. The summed E-state index contributed by atoms with van der Waals surface area (Å²) in [6.07, 6.45) is 3.50. The standard InChI is InChI=1S/C29H34N2O6/c1-4-37-28(34)29-14-8-11-25(29)31(19-20-9-6-5-7-10-20)27(33)22(17-29)16-26(32)30-18-21-12-13-23(35-2)24(15-21)36-3/h5-7,9-13,15,22H,4,8,14,16-19H2,1-3H3,(H,30,32)/t22-,29+/m1/s1. The van der Waals surface area contributed by atoms with E-state index in [1.54, 1.807) is 38.2 Å². The van der Waals surface area contributed by atoms with Crippen molar-refractivity contribution in [2.24, 2.45) is 11.3 Å². The Balaban J connectivity index is 1.52. The smallest absolute Gasteiger partial charge is 0.318 e. The number of esters is 1. The number of rotatable bonds is 10. The maximum atomic E-state index is 13.7. The Kier molecular flexibility index (Phi) is 8.16. The third-order valence-electron chi connectivity index (χ3n) is 7.12. The van der Waals surface area contributed by atoms with Gasteiger partial charge in [0.25, 0.3) is 0 Å². The van der Waals surface area contributed by atoms with E-state index in [9.17, 15) is 14.4 Å². The van der Waals surface area contributed by atoms with Crippen molar-refractivity contribution in [2.75, 3.05) is 20.8 Å². The van der Waals surface area contributed by atoms with Crippen LogP contribution in [0, 0.1) is 11.3 Å². The molecule has 1 N–H and O–H groups in total. The number of piperidine rings is 1. The minimum Gasteiger partial charge on any atom is -0.493 e. The van der Waals surface area contributed by atoms with Crippen molar-refractivity contribution in [3.8, 4) is 11.5 Å². The van der Waals surface area contributed by atoms with Gasteiger partial charge in [-0.05, 0) is 49.4 Å². The molecule has 2 aromatic rings. The Labute approximate surface area is 217 Å². The molecule has 8 heteroatoms. The van der Waals surface area contributed by atoms with E-state index in [0.29, 0.717) is 36.6 Å². The molecule has 1 heterocycles. The molecule has 2 aromatic carbocycles.